The second-order valence-electron chi connectivity index (χ2n) is 2.49. The van der Waals surface area contributed by atoms with Crippen LogP contribution in [0.15, 0.2) is 17.0 Å². The van der Waals surface area contributed by atoms with Crippen molar-refractivity contribution >= 4 is 5.69 Å². The molecule has 0 aliphatic heterocycles. The lowest BCUT2D eigenvalue weighted by atomic mass is 10.2. The van der Waals surface area contributed by atoms with E-state index < -0.39 is 0 Å². The minimum absolute atomic E-state index is 0.505. The van der Waals surface area contributed by atoms with Crippen LogP contribution in [0.25, 0.3) is 11.5 Å². The van der Waals surface area contributed by atoms with Crippen molar-refractivity contribution in [1.29, 1.82) is 0 Å². The molecule has 3 N–H and O–H groups in total. The summed E-state index contributed by atoms with van der Waals surface area (Å²) in [6.45, 7) is 1.89. The molecule has 12 heavy (non-hydrogen) atoms. The van der Waals surface area contributed by atoms with Gasteiger partial charge in [-0.25, -0.2) is 4.98 Å². The van der Waals surface area contributed by atoms with Gasteiger partial charge in [-0.15, -0.1) is 0 Å². The lowest BCUT2D eigenvalue weighted by Gasteiger charge is -1.91. The number of hydrogen-bond acceptors (Lipinski definition) is 4. The van der Waals surface area contributed by atoms with Crippen LogP contribution in [0.4, 0.5) is 5.69 Å². The fourth-order valence-electron chi connectivity index (χ4n) is 1.01. The van der Waals surface area contributed by atoms with Gasteiger partial charge in [0.1, 0.15) is 11.4 Å². The van der Waals surface area contributed by atoms with Gasteiger partial charge in [-0.05, 0) is 6.92 Å². The third kappa shape index (κ3) is 0.868. The molecule has 0 radical (unpaired) electrons. The number of nitrogen functional groups attached to an aromatic ring is 1. The second kappa shape index (κ2) is 2.37. The van der Waals surface area contributed by atoms with Gasteiger partial charge in [-0.3, -0.25) is 0 Å². The van der Waals surface area contributed by atoms with E-state index in [1.54, 1.807) is 6.33 Å². The van der Waals surface area contributed by atoms with Crippen LogP contribution in [0.2, 0.25) is 0 Å². The fourth-order valence-corrected chi connectivity index (χ4v) is 1.01. The number of anilines is 1. The van der Waals surface area contributed by atoms with Crippen molar-refractivity contribution < 1.29 is 4.52 Å². The summed E-state index contributed by atoms with van der Waals surface area (Å²) >= 11 is 0. The van der Waals surface area contributed by atoms with Crippen LogP contribution in [0.3, 0.4) is 0 Å². The topological polar surface area (TPSA) is 80.7 Å². The molecule has 0 aromatic carbocycles. The Hall–Kier alpha value is -1.78. The van der Waals surface area contributed by atoms with Crippen molar-refractivity contribution in [3.63, 3.8) is 0 Å². The molecule has 2 rings (SSSR count). The molecular formula is C7H8N4O. The van der Waals surface area contributed by atoms with E-state index in [0.29, 0.717) is 17.1 Å². The molecule has 0 saturated carbocycles. The fraction of sp³-hybridized carbons (Fsp3) is 0.143. The minimum atomic E-state index is 0.505. The first-order valence-corrected chi connectivity index (χ1v) is 3.49. The van der Waals surface area contributed by atoms with Crippen LogP contribution in [-0.4, -0.2) is 15.1 Å². The number of aromatic nitrogens is 3. The molecule has 2 heterocycles. The van der Waals surface area contributed by atoms with Crippen molar-refractivity contribution in [3.05, 3.63) is 18.2 Å². The van der Waals surface area contributed by atoms with Gasteiger partial charge in [0.15, 0.2) is 0 Å². The lowest BCUT2D eigenvalue weighted by Crippen LogP contribution is -1.86. The molecule has 0 amide bonds. The average molecular weight is 164 g/mol. The molecular weight excluding hydrogens is 156 g/mol. The third-order valence-electron chi connectivity index (χ3n) is 1.64. The smallest absolute Gasteiger partial charge is 0.209 e. The van der Waals surface area contributed by atoms with Crippen molar-refractivity contribution in [2.45, 2.75) is 6.92 Å². The third-order valence-corrected chi connectivity index (χ3v) is 1.64. The van der Waals surface area contributed by atoms with Crippen LogP contribution in [0.5, 0.6) is 0 Å². The van der Waals surface area contributed by atoms with Crippen molar-refractivity contribution in [3.8, 4) is 11.5 Å². The highest BCUT2D eigenvalue weighted by Crippen LogP contribution is 2.24. The highest BCUT2D eigenvalue weighted by molar-refractivity contribution is 5.68. The Balaban J connectivity index is 2.57. The summed E-state index contributed by atoms with van der Waals surface area (Å²) in [7, 11) is 0. The van der Waals surface area contributed by atoms with E-state index in [-0.39, 0.29) is 0 Å². The first-order valence-electron chi connectivity index (χ1n) is 3.49. The summed E-state index contributed by atoms with van der Waals surface area (Å²) in [5, 5.41) is 3.56. The van der Waals surface area contributed by atoms with Crippen LogP contribution >= 0.6 is 0 Å². The van der Waals surface area contributed by atoms with Crippen LogP contribution < -0.4 is 5.73 Å². The Morgan fingerprint density at radius 3 is 2.92 bits per heavy atom. The molecule has 0 aliphatic rings. The van der Waals surface area contributed by atoms with Crippen LogP contribution in [0.1, 0.15) is 5.69 Å². The number of imidazole rings is 1. The Morgan fingerprint density at radius 2 is 2.42 bits per heavy atom. The number of hydrogen-bond donors (Lipinski definition) is 2. The van der Waals surface area contributed by atoms with Gasteiger partial charge in [0.2, 0.25) is 5.76 Å². The normalized spacial score (nSPS) is 10.4. The van der Waals surface area contributed by atoms with Gasteiger partial charge >= 0.3 is 0 Å². The molecule has 0 bridgehead atoms. The maximum absolute atomic E-state index is 5.59. The van der Waals surface area contributed by atoms with Gasteiger partial charge in [-0.1, -0.05) is 5.16 Å². The van der Waals surface area contributed by atoms with E-state index in [9.17, 15) is 0 Å². The van der Waals surface area contributed by atoms with E-state index in [4.69, 9.17) is 10.3 Å². The minimum Gasteiger partial charge on any atom is -0.394 e. The number of H-pyrrole nitrogens is 1. The molecule has 0 spiro atoms. The Labute approximate surface area is 68.6 Å². The maximum atomic E-state index is 5.59. The Bertz CT molecular complexity index is 351. The number of rotatable bonds is 1. The molecule has 0 atom stereocenters. The predicted octanol–water partition coefficient (Wildman–Crippen LogP) is 0.955. The predicted molar refractivity (Wildman–Crippen MR) is 43.2 cm³/mol. The molecule has 0 fully saturated rings. The van der Waals surface area contributed by atoms with Gasteiger partial charge in [0.05, 0.1) is 12.5 Å². The number of aromatic amines is 1. The molecule has 0 unspecified atom stereocenters. The van der Waals surface area contributed by atoms with E-state index in [2.05, 4.69) is 15.1 Å². The molecule has 0 aliphatic carbocycles. The van der Waals surface area contributed by atoms with E-state index in [1.807, 2.05) is 6.92 Å². The number of nitrogens with zero attached hydrogens (tertiary/aromatic N) is 2. The van der Waals surface area contributed by atoms with Crippen molar-refractivity contribution in [2.24, 2.45) is 0 Å². The van der Waals surface area contributed by atoms with E-state index in [1.165, 1.54) is 6.20 Å². The molecule has 62 valence electrons. The second-order valence-corrected chi connectivity index (χ2v) is 2.49. The zero-order valence-electron chi connectivity index (χ0n) is 6.53. The van der Waals surface area contributed by atoms with Gasteiger partial charge < -0.3 is 15.2 Å². The number of aryl methyl sites for hydroxylation is 1. The molecule has 2 aromatic heterocycles. The maximum Gasteiger partial charge on any atom is 0.209 e. The summed E-state index contributed by atoms with van der Waals surface area (Å²) in [5.41, 5.74) is 7.72. The summed E-state index contributed by atoms with van der Waals surface area (Å²) in [6.07, 6.45) is 3.05. The highest BCUT2D eigenvalue weighted by atomic mass is 16.5. The van der Waals surface area contributed by atoms with E-state index >= 15 is 0 Å². The largest absolute Gasteiger partial charge is 0.394 e. The molecule has 5 nitrogen and oxygen atoms in total. The summed E-state index contributed by atoms with van der Waals surface area (Å²) in [4.78, 5) is 6.98. The highest BCUT2D eigenvalue weighted by Gasteiger charge is 2.12. The molecule has 0 saturated heterocycles. The monoisotopic (exact) mass is 164 g/mol. The van der Waals surface area contributed by atoms with E-state index in [0.717, 1.165) is 5.69 Å². The Morgan fingerprint density at radius 1 is 1.58 bits per heavy atom. The number of nitrogens with one attached hydrogen (secondary N) is 1. The van der Waals surface area contributed by atoms with Crippen LogP contribution in [-0.2, 0) is 0 Å². The van der Waals surface area contributed by atoms with Gasteiger partial charge in [0.25, 0.3) is 0 Å². The van der Waals surface area contributed by atoms with Gasteiger partial charge in [-0.2, -0.15) is 0 Å². The first kappa shape index (κ1) is 6.90. The Kier molecular flexibility index (Phi) is 1.36. The van der Waals surface area contributed by atoms with Gasteiger partial charge in [0, 0.05) is 5.69 Å². The summed E-state index contributed by atoms with van der Waals surface area (Å²) in [5.74, 6) is 0.522. The number of nitrogens with two attached hydrogens (primary N) is 1. The van der Waals surface area contributed by atoms with Crippen molar-refractivity contribution in [1.82, 2.24) is 15.1 Å². The van der Waals surface area contributed by atoms with Crippen molar-refractivity contribution in [2.75, 3.05) is 5.73 Å². The first-order chi connectivity index (χ1) is 5.79. The summed E-state index contributed by atoms with van der Waals surface area (Å²) in [6, 6.07) is 0. The molecule has 5 heteroatoms. The average Bonchev–Trinajstić information content (AvgIpc) is 2.59. The zero-order valence-corrected chi connectivity index (χ0v) is 6.53. The standard InChI is InChI=1S/C7H8N4O/c1-4-6(10-3-9-4)7-5(8)2-11-12-7/h2-3H,8H2,1H3,(H,9,10). The van der Waals surface area contributed by atoms with Crippen LogP contribution in [0, 0.1) is 6.92 Å². The summed E-state index contributed by atoms with van der Waals surface area (Å²) < 4.78 is 4.93. The SMILES string of the molecule is Cc1[nH]cnc1-c1oncc1N. The zero-order chi connectivity index (χ0) is 8.55. The lowest BCUT2D eigenvalue weighted by molar-refractivity contribution is 0.431. The molecule has 2 aromatic rings. The quantitative estimate of drug-likeness (QED) is 0.657.